The molecule has 1 aliphatic rings. The van der Waals surface area contributed by atoms with Crippen molar-refractivity contribution in [1.29, 1.82) is 0 Å². The van der Waals surface area contributed by atoms with Crippen LogP contribution in [0.4, 0.5) is 0 Å². The van der Waals surface area contributed by atoms with Gasteiger partial charge in [-0.2, -0.15) is 0 Å². The van der Waals surface area contributed by atoms with Crippen LogP contribution in [-0.4, -0.2) is 47.7 Å². The smallest absolute Gasteiger partial charge is 0.242 e. The number of carbonyl (C=O) groups is 1. The highest BCUT2D eigenvalue weighted by atomic mass is 35.5. The Morgan fingerprint density at radius 1 is 1.53 bits per heavy atom. The minimum absolute atomic E-state index is 0. The zero-order chi connectivity index (χ0) is 12.2. The summed E-state index contributed by atoms with van der Waals surface area (Å²) in [5.74, 6) is 0.146. The zero-order valence-electron chi connectivity index (χ0n) is 11.0. The molecule has 4 nitrogen and oxygen atoms in total. The second kappa shape index (κ2) is 7.19. The Bertz CT molecular complexity index is 241. The van der Waals surface area contributed by atoms with Crippen LogP contribution in [0.2, 0.25) is 0 Å². The maximum atomic E-state index is 12.2. The van der Waals surface area contributed by atoms with Gasteiger partial charge >= 0.3 is 0 Å². The second-order valence-electron chi connectivity index (χ2n) is 5.08. The summed E-state index contributed by atoms with van der Waals surface area (Å²) in [6.45, 7) is 5.27. The van der Waals surface area contributed by atoms with Crippen LogP contribution < -0.4 is 5.32 Å². The predicted octanol–water partition coefficient (Wildman–Crippen LogP) is 1.17. The van der Waals surface area contributed by atoms with Crippen molar-refractivity contribution in [2.75, 3.05) is 20.1 Å². The number of aliphatic hydroxyl groups excluding tert-OH is 1. The van der Waals surface area contributed by atoms with Crippen LogP contribution in [0.15, 0.2) is 0 Å². The van der Waals surface area contributed by atoms with E-state index < -0.39 is 5.54 Å². The van der Waals surface area contributed by atoms with Gasteiger partial charge in [0, 0.05) is 13.6 Å². The number of piperidine rings is 1. The molecule has 2 unspecified atom stereocenters. The molecule has 17 heavy (non-hydrogen) atoms. The van der Waals surface area contributed by atoms with Crippen LogP contribution in [0.5, 0.6) is 0 Å². The summed E-state index contributed by atoms with van der Waals surface area (Å²) in [5, 5.41) is 12.5. The highest BCUT2D eigenvalue weighted by Crippen LogP contribution is 2.20. The van der Waals surface area contributed by atoms with Crippen LogP contribution in [0.25, 0.3) is 0 Å². The number of hydrogen-bond donors (Lipinski definition) is 2. The fourth-order valence-electron chi connectivity index (χ4n) is 2.14. The molecule has 1 saturated heterocycles. The topological polar surface area (TPSA) is 52.6 Å². The number of hydrogen-bond acceptors (Lipinski definition) is 3. The number of halogens is 1. The summed E-state index contributed by atoms with van der Waals surface area (Å²) in [5.41, 5.74) is -0.397. The van der Waals surface area contributed by atoms with E-state index in [0.29, 0.717) is 13.0 Å². The number of carbonyl (C=O) groups excluding carboxylic acids is 1. The zero-order valence-corrected chi connectivity index (χ0v) is 11.8. The maximum absolute atomic E-state index is 12.2. The molecule has 0 aromatic rings. The molecule has 2 atom stereocenters. The number of nitrogens with zero attached hydrogens (tertiary/aromatic N) is 1. The Morgan fingerprint density at radius 3 is 2.65 bits per heavy atom. The molecule has 0 aromatic heterocycles. The number of likely N-dealkylation sites (N-methyl/N-ethyl adjacent to an activating group) is 1. The molecule has 1 fully saturated rings. The van der Waals surface area contributed by atoms with Crippen LogP contribution >= 0.6 is 12.4 Å². The number of amides is 1. The van der Waals surface area contributed by atoms with Crippen molar-refractivity contribution in [3.63, 3.8) is 0 Å². The molecule has 1 amide bonds. The van der Waals surface area contributed by atoms with Gasteiger partial charge in [-0.05, 0) is 46.1 Å². The Balaban J connectivity index is 0.00000256. The van der Waals surface area contributed by atoms with Gasteiger partial charge in [0.1, 0.15) is 0 Å². The molecule has 1 rings (SSSR count). The molecule has 0 bridgehead atoms. The lowest BCUT2D eigenvalue weighted by atomic mass is 9.89. The third kappa shape index (κ3) is 4.82. The molecule has 0 spiro atoms. The van der Waals surface area contributed by atoms with Gasteiger partial charge in [0.05, 0.1) is 11.6 Å². The third-order valence-electron chi connectivity index (χ3n) is 3.32. The van der Waals surface area contributed by atoms with E-state index in [1.54, 1.807) is 11.8 Å². The lowest BCUT2D eigenvalue weighted by molar-refractivity contribution is -0.137. The molecular weight excluding hydrogens is 240 g/mol. The first-order chi connectivity index (χ1) is 7.46. The Labute approximate surface area is 110 Å². The highest BCUT2D eigenvalue weighted by molar-refractivity contribution is 5.86. The maximum Gasteiger partial charge on any atom is 0.242 e. The minimum Gasteiger partial charge on any atom is -0.393 e. The molecule has 5 heteroatoms. The predicted molar refractivity (Wildman–Crippen MR) is 71.4 cm³/mol. The monoisotopic (exact) mass is 264 g/mol. The summed E-state index contributed by atoms with van der Waals surface area (Å²) in [7, 11) is 1.81. The average Bonchev–Trinajstić information content (AvgIpc) is 2.25. The van der Waals surface area contributed by atoms with Gasteiger partial charge in [-0.25, -0.2) is 0 Å². The van der Waals surface area contributed by atoms with E-state index in [9.17, 15) is 9.90 Å². The van der Waals surface area contributed by atoms with Crippen molar-refractivity contribution in [2.24, 2.45) is 0 Å². The van der Waals surface area contributed by atoms with Crippen molar-refractivity contribution in [3.05, 3.63) is 0 Å². The minimum atomic E-state index is -0.397. The van der Waals surface area contributed by atoms with E-state index in [-0.39, 0.29) is 24.4 Å². The molecule has 1 aliphatic heterocycles. The molecule has 0 radical (unpaired) electrons. The summed E-state index contributed by atoms with van der Waals surface area (Å²) >= 11 is 0. The van der Waals surface area contributed by atoms with E-state index in [1.807, 2.05) is 14.0 Å². The lowest BCUT2D eigenvalue weighted by Crippen LogP contribution is -2.57. The van der Waals surface area contributed by atoms with Gasteiger partial charge in [0.15, 0.2) is 0 Å². The van der Waals surface area contributed by atoms with Crippen molar-refractivity contribution >= 4 is 18.3 Å². The fraction of sp³-hybridized carbons (Fsp3) is 0.917. The summed E-state index contributed by atoms with van der Waals surface area (Å²) in [6, 6.07) is 0. The molecule has 1 heterocycles. The molecule has 0 saturated carbocycles. The van der Waals surface area contributed by atoms with Gasteiger partial charge < -0.3 is 15.3 Å². The van der Waals surface area contributed by atoms with E-state index >= 15 is 0 Å². The molecule has 0 aliphatic carbocycles. The first kappa shape index (κ1) is 16.7. The van der Waals surface area contributed by atoms with Gasteiger partial charge in [-0.15, -0.1) is 12.4 Å². The molecule has 2 N–H and O–H groups in total. The lowest BCUT2D eigenvalue weighted by Gasteiger charge is -2.36. The Hall–Kier alpha value is -0.320. The standard InChI is InChI=1S/C12H24N2O2.ClH/c1-10(15)6-9-14(3)11(16)12(2)7-4-5-8-13-12;/h10,13,15H,4-9H2,1-3H3;1H. The Morgan fingerprint density at radius 2 is 2.18 bits per heavy atom. The van der Waals surface area contributed by atoms with Crippen LogP contribution in [-0.2, 0) is 4.79 Å². The normalized spacial score (nSPS) is 25.9. The van der Waals surface area contributed by atoms with E-state index in [1.165, 1.54) is 0 Å². The summed E-state index contributed by atoms with van der Waals surface area (Å²) in [6.07, 6.45) is 3.46. The van der Waals surface area contributed by atoms with E-state index in [0.717, 1.165) is 25.8 Å². The number of aliphatic hydroxyl groups is 1. The van der Waals surface area contributed by atoms with Crippen molar-refractivity contribution < 1.29 is 9.90 Å². The molecule has 0 aromatic carbocycles. The van der Waals surface area contributed by atoms with Gasteiger partial charge in [-0.1, -0.05) is 0 Å². The number of nitrogens with one attached hydrogen (secondary N) is 1. The summed E-state index contributed by atoms with van der Waals surface area (Å²) < 4.78 is 0. The first-order valence-electron chi connectivity index (χ1n) is 6.14. The quantitative estimate of drug-likeness (QED) is 0.802. The highest BCUT2D eigenvalue weighted by Gasteiger charge is 2.36. The van der Waals surface area contributed by atoms with Gasteiger partial charge in [-0.3, -0.25) is 4.79 Å². The second-order valence-corrected chi connectivity index (χ2v) is 5.08. The largest absolute Gasteiger partial charge is 0.393 e. The number of rotatable bonds is 4. The van der Waals surface area contributed by atoms with Crippen molar-refractivity contribution in [1.82, 2.24) is 10.2 Å². The van der Waals surface area contributed by atoms with Gasteiger partial charge in [0.25, 0.3) is 0 Å². The van der Waals surface area contributed by atoms with Crippen molar-refractivity contribution in [3.8, 4) is 0 Å². The Kier molecular flexibility index (Phi) is 7.05. The van der Waals surface area contributed by atoms with Crippen LogP contribution in [0, 0.1) is 0 Å². The van der Waals surface area contributed by atoms with Crippen LogP contribution in [0.3, 0.4) is 0 Å². The third-order valence-corrected chi connectivity index (χ3v) is 3.32. The SMILES string of the molecule is CC(O)CCN(C)C(=O)C1(C)CCCCN1.Cl. The van der Waals surface area contributed by atoms with E-state index in [2.05, 4.69) is 5.32 Å². The van der Waals surface area contributed by atoms with Crippen molar-refractivity contribution in [2.45, 2.75) is 51.2 Å². The first-order valence-corrected chi connectivity index (χ1v) is 6.14. The van der Waals surface area contributed by atoms with E-state index in [4.69, 9.17) is 0 Å². The fourth-order valence-corrected chi connectivity index (χ4v) is 2.14. The average molecular weight is 265 g/mol. The van der Waals surface area contributed by atoms with Gasteiger partial charge in [0.2, 0.25) is 5.91 Å². The van der Waals surface area contributed by atoms with Crippen LogP contribution in [0.1, 0.15) is 39.5 Å². The summed E-state index contributed by atoms with van der Waals surface area (Å²) in [4.78, 5) is 13.9. The molecular formula is C12H25ClN2O2. The molecule has 102 valence electrons.